The van der Waals surface area contributed by atoms with Crippen molar-refractivity contribution in [2.45, 2.75) is 26.8 Å². The molecule has 3 aromatic rings. The summed E-state index contributed by atoms with van der Waals surface area (Å²) in [6.07, 6.45) is 6.78. The Morgan fingerprint density at radius 3 is 2.83 bits per heavy atom. The molecule has 0 atom stereocenters. The zero-order valence-corrected chi connectivity index (χ0v) is 14.9. The van der Waals surface area contributed by atoms with E-state index in [4.69, 9.17) is 9.72 Å². The Morgan fingerprint density at radius 2 is 2.21 bits per heavy atom. The molecule has 3 aromatic heterocycles. The lowest BCUT2D eigenvalue weighted by molar-refractivity contribution is -0.125. The molecule has 0 spiro atoms. The highest BCUT2D eigenvalue weighted by Crippen LogP contribution is 2.34. The predicted octanol–water partition coefficient (Wildman–Crippen LogP) is 2.54. The first kappa shape index (κ1) is 15.5. The SMILES string of the molecule is CCC1(Cn2cc(-c3nc(-c4nccn4C)sc3C)nn2)COC1. The fourth-order valence-corrected chi connectivity index (χ4v) is 3.89. The van der Waals surface area contributed by atoms with E-state index in [-0.39, 0.29) is 5.41 Å². The van der Waals surface area contributed by atoms with Crippen molar-refractivity contribution in [3.05, 3.63) is 23.5 Å². The zero-order valence-electron chi connectivity index (χ0n) is 14.1. The summed E-state index contributed by atoms with van der Waals surface area (Å²) >= 11 is 1.63. The highest BCUT2D eigenvalue weighted by atomic mass is 32.1. The molecular formula is C16H20N6OS. The average molecular weight is 344 g/mol. The van der Waals surface area contributed by atoms with Gasteiger partial charge in [0.1, 0.15) is 11.4 Å². The minimum absolute atomic E-state index is 0.209. The molecule has 4 rings (SSSR count). The quantitative estimate of drug-likeness (QED) is 0.711. The largest absolute Gasteiger partial charge is 0.380 e. The topological polar surface area (TPSA) is 70.7 Å². The average Bonchev–Trinajstić information content (AvgIpc) is 3.23. The standard InChI is InChI=1S/C16H20N6OS/c1-4-16(9-23-10-16)8-22-7-12(19-20-22)13-11(2)24-15(18-13)14-17-5-6-21(14)3/h5-7H,4,8-10H2,1-3H3. The van der Waals surface area contributed by atoms with Crippen molar-refractivity contribution in [1.82, 2.24) is 29.5 Å². The molecule has 7 nitrogen and oxygen atoms in total. The third kappa shape index (κ3) is 2.55. The van der Waals surface area contributed by atoms with Gasteiger partial charge in [-0.1, -0.05) is 12.1 Å². The van der Waals surface area contributed by atoms with Crippen LogP contribution in [0.15, 0.2) is 18.6 Å². The molecule has 0 N–H and O–H groups in total. The van der Waals surface area contributed by atoms with E-state index >= 15 is 0 Å². The molecule has 0 saturated carbocycles. The lowest BCUT2D eigenvalue weighted by Gasteiger charge is -2.40. The Hall–Kier alpha value is -2.06. The third-order valence-corrected chi connectivity index (χ3v) is 5.62. The van der Waals surface area contributed by atoms with Crippen molar-refractivity contribution in [3.63, 3.8) is 0 Å². The summed E-state index contributed by atoms with van der Waals surface area (Å²) in [6, 6.07) is 0. The number of imidazole rings is 1. The second-order valence-corrected chi connectivity index (χ2v) is 7.64. The minimum atomic E-state index is 0.209. The van der Waals surface area contributed by atoms with E-state index < -0.39 is 0 Å². The van der Waals surface area contributed by atoms with Crippen LogP contribution in [0.3, 0.4) is 0 Å². The molecule has 0 unspecified atom stereocenters. The predicted molar refractivity (Wildman–Crippen MR) is 91.6 cm³/mol. The van der Waals surface area contributed by atoms with Crippen molar-refractivity contribution in [3.8, 4) is 22.2 Å². The maximum atomic E-state index is 5.39. The molecule has 8 heteroatoms. The maximum absolute atomic E-state index is 5.39. The Kier molecular flexibility index (Phi) is 3.73. The molecule has 24 heavy (non-hydrogen) atoms. The first-order chi connectivity index (χ1) is 11.6. The lowest BCUT2D eigenvalue weighted by atomic mass is 9.83. The lowest BCUT2D eigenvalue weighted by Crippen LogP contribution is -2.45. The zero-order chi connectivity index (χ0) is 16.7. The molecule has 1 fully saturated rings. The summed E-state index contributed by atoms with van der Waals surface area (Å²) in [5.41, 5.74) is 1.91. The highest BCUT2D eigenvalue weighted by Gasteiger charge is 2.37. The Balaban J connectivity index is 1.61. The van der Waals surface area contributed by atoms with E-state index in [1.54, 1.807) is 17.5 Å². The number of ether oxygens (including phenoxy) is 1. The van der Waals surface area contributed by atoms with Crippen LogP contribution in [0, 0.1) is 12.3 Å². The van der Waals surface area contributed by atoms with E-state index in [0.717, 1.165) is 53.3 Å². The summed E-state index contributed by atoms with van der Waals surface area (Å²) in [5, 5.41) is 9.53. The number of rotatable bonds is 5. The number of hydrogen-bond acceptors (Lipinski definition) is 6. The molecule has 126 valence electrons. The van der Waals surface area contributed by atoms with Gasteiger partial charge in [-0.05, 0) is 13.3 Å². The van der Waals surface area contributed by atoms with Crippen molar-refractivity contribution < 1.29 is 4.74 Å². The van der Waals surface area contributed by atoms with Gasteiger partial charge in [-0.15, -0.1) is 16.4 Å². The fourth-order valence-electron chi connectivity index (χ4n) is 2.93. The van der Waals surface area contributed by atoms with Crippen LogP contribution in [-0.2, 0) is 18.3 Å². The third-order valence-electron chi connectivity index (χ3n) is 4.65. The van der Waals surface area contributed by atoms with Crippen LogP contribution in [0.1, 0.15) is 18.2 Å². The Morgan fingerprint density at radius 1 is 1.38 bits per heavy atom. The minimum Gasteiger partial charge on any atom is -0.380 e. The first-order valence-electron chi connectivity index (χ1n) is 8.03. The molecule has 1 saturated heterocycles. The molecule has 4 heterocycles. The van der Waals surface area contributed by atoms with Gasteiger partial charge in [0.2, 0.25) is 0 Å². The van der Waals surface area contributed by atoms with E-state index in [0.29, 0.717) is 0 Å². The monoisotopic (exact) mass is 344 g/mol. The number of hydrogen-bond donors (Lipinski definition) is 0. The van der Waals surface area contributed by atoms with Crippen LogP contribution in [0.4, 0.5) is 0 Å². The van der Waals surface area contributed by atoms with E-state index in [1.165, 1.54) is 0 Å². The van der Waals surface area contributed by atoms with Crippen molar-refractivity contribution in [2.24, 2.45) is 12.5 Å². The second-order valence-electron chi connectivity index (χ2n) is 6.43. The number of nitrogens with zero attached hydrogens (tertiary/aromatic N) is 6. The molecular weight excluding hydrogens is 324 g/mol. The Bertz CT molecular complexity index is 854. The second kappa shape index (κ2) is 5.78. The van der Waals surface area contributed by atoms with Gasteiger partial charge < -0.3 is 9.30 Å². The summed E-state index contributed by atoms with van der Waals surface area (Å²) in [7, 11) is 1.97. The first-order valence-corrected chi connectivity index (χ1v) is 8.85. The Labute approximate surface area is 144 Å². The van der Waals surface area contributed by atoms with E-state index in [9.17, 15) is 0 Å². The van der Waals surface area contributed by atoms with Crippen LogP contribution in [-0.4, -0.2) is 42.7 Å². The normalized spacial score (nSPS) is 16.3. The van der Waals surface area contributed by atoms with Gasteiger partial charge in [-0.2, -0.15) is 0 Å². The molecule has 1 aliphatic rings. The van der Waals surface area contributed by atoms with Crippen LogP contribution < -0.4 is 0 Å². The molecule has 1 aliphatic heterocycles. The van der Waals surface area contributed by atoms with Gasteiger partial charge in [0, 0.05) is 29.7 Å². The molecule has 0 aliphatic carbocycles. The fraction of sp³-hybridized carbons (Fsp3) is 0.500. The van der Waals surface area contributed by atoms with Crippen molar-refractivity contribution >= 4 is 11.3 Å². The summed E-state index contributed by atoms with van der Waals surface area (Å²) in [5.74, 6) is 0.873. The maximum Gasteiger partial charge on any atom is 0.168 e. The van der Waals surface area contributed by atoms with Crippen LogP contribution >= 0.6 is 11.3 Å². The van der Waals surface area contributed by atoms with Gasteiger partial charge in [-0.25, -0.2) is 9.97 Å². The highest BCUT2D eigenvalue weighted by molar-refractivity contribution is 7.15. The molecule has 0 bridgehead atoms. The van der Waals surface area contributed by atoms with Crippen molar-refractivity contribution in [1.29, 1.82) is 0 Å². The van der Waals surface area contributed by atoms with Crippen LogP contribution in [0.25, 0.3) is 22.2 Å². The van der Waals surface area contributed by atoms with Crippen molar-refractivity contribution in [2.75, 3.05) is 13.2 Å². The van der Waals surface area contributed by atoms with E-state index in [2.05, 4.69) is 29.1 Å². The number of aromatic nitrogens is 6. The van der Waals surface area contributed by atoms with E-state index in [1.807, 2.05) is 28.7 Å². The summed E-state index contributed by atoms with van der Waals surface area (Å²) in [6.45, 7) is 6.71. The van der Waals surface area contributed by atoms with Gasteiger partial charge in [0.25, 0.3) is 0 Å². The van der Waals surface area contributed by atoms with Gasteiger partial charge in [-0.3, -0.25) is 4.68 Å². The smallest absolute Gasteiger partial charge is 0.168 e. The van der Waals surface area contributed by atoms with Crippen LogP contribution in [0.2, 0.25) is 0 Å². The summed E-state index contributed by atoms with van der Waals surface area (Å²) < 4.78 is 9.28. The molecule has 0 amide bonds. The van der Waals surface area contributed by atoms with Gasteiger partial charge in [0.15, 0.2) is 10.8 Å². The summed E-state index contributed by atoms with van der Waals surface area (Å²) in [4.78, 5) is 10.2. The molecule has 0 aromatic carbocycles. The van der Waals surface area contributed by atoms with Gasteiger partial charge >= 0.3 is 0 Å². The number of aryl methyl sites for hydroxylation is 2. The van der Waals surface area contributed by atoms with Gasteiger partial charge in [0.05, 0.1) is 26.0 Å². The van der Waals surface area contributed by atoms with Crippen LogP contribution in [0.5, 0.6) is 0 Å². The number of thiazole rings is 1. The molecule has 0 radical (unpaired) electrons.